The van der Waals surface area contributed by atoms with Crippen molar-refractivity contribution >= 4 is 46.0 Å². The van der Waals surface area contributed by atoms with E-state index in [2.05, 4.69) is 10.3 Å². The van der Waals surface area contributed by atoms with Gasteiger partial charge in [0.2, 0.25) is 0 Å². The Morgan fingerprint density at radius 3 is 3.17 bits per heavy atom. The largest absolute Gasteiger partial charge is 0.480 e. The number of thioether (sulfide) groups is 2. The number of thiazole rings is 1. The Morgan fingerprint density at radius 1 is 1.67 bits per heavy atom. The average Bonchev–Trinajstić information content (AvgIpc) is 2.85. The second kappa shape index (κ2) is 6.65. The van der Waals surface area contributed by atoms with E-state index in [0.29, 0.717) is 10.9 Å². The van der Waals surface area contributed by atoms with Gasteiger partial charge in [0, 0.05) is 34.4 Å². The summed E-state index contributed by atoms with van der Waals surface area (Å²) in [6.45, 7) is 0.868. The third-order valence-electron chi connectivity index (χ3n) is 2.47. The monoisotopic (exact) mass is 305 g/mol. The number of hydrogen-bond acceptors (Lipinski definition) is 7. The van der Waals surface area contributed by atoms with Crippen molar-refractivity contribution in [1.29, 1.82) is 0 Å². The lowest BCUT2D eigenvalue weighted by atomic mass is 10.2. The molecular formula is C10H15N3O2S3. The van der Waals surface area contributed by atoms with Crippen LogP contribution in [0.3, 0.4) is 0 Å². The van der Waals surface area contributed by atoms with E-state index in [1.807, 2.05) is 23.5 Å². The number of nitrogens with zero attached hydrogens (tertiary/aromatic N) is 1. The molecule has 0 saturated carbocycles. The predicted molar refractivity (Wildman–Crippen MR) is 78.7 cm³/mol. The van der Waals surface area contributed by atoms with Crippen LogP contribution >= 0.6 is 34.9 Å². The molecule has 2 heterocycles. The van der Waals surface area contributed by atoms with Gasteiger partial charge in [-0.15, -0.1) is 11.3 Å². The Bertz CT molecular complexity index is 407. The topological polar surface area (TPSA) is 88.2 Å². The molecule has 1 aliphatic heterocycles. The predicted octanol–water partition coefficient (Wildman–Crippen LogP) is 1.49. The molecule has 2 rings (SSSR count). The highest BCUT2D eigenvalue weighted by atomic mass is 32.2. The van der Waals surface area contributed by atoms with Gasteiger partial charge >= 0.3 is 5.97 Å². The van der Waals surface area contributed by atoms with Crippen LogP contribution in [0.5, 0.6) is 0 Å². The fourth-order valence-electron chi connectivity index (χ4n) is 1.49. The maximum absolute atomic E-state index is 10.7. The van der Waals surface area contributed by atoms with E-state index in [0.717, 1.165) is 17.4 Å². The number of nitrogens with one attached hydrogen (secondary N) is 1. The van der Waals surface area contributed by atoms with Crippen LogP contribution in [0.25, 0.3) is 0 Å². The van der Waals surface area contributed by atoms with Gasteiger partial charge in [0.25, 0.3) is 0 Å². The minimum Gasteiger partial charge on any atom is -0.480 e. The molecule has 0 spiro atoms. The number of rotatable bonds is 5. The molecule has 1 aromatic heterocycles. The van der Waals surface area contributed by atoms with Crippen molar-refractivity contribution in [2.24, 2.45) is 5.73 Å². The lowest BCUT2D eigenvalue weighted by Crippen LogP contribution is -2.23. The molecule has 1 fully saturated rings. The lowest BCUT2D eigenvalue weighted by Gasteiger charge is -2.20. The molecule has 5 nitrogen and oxygen atoms in total. The van der Waals surface area contributed by atoms with Crippen LogP contribution in [-0.2, 0) is 4.79 Å². The molecule has 0 amide bonds. The number of nitrogens with two attached hydrogens (primary N) is 1. The van der Waals surface area contributed by atoms with Crippen LogP contribution in [0.2, 0.25) is 0 Å². The summed E-state index contributed by atoms with van der Waals surface area (Å²) in [6, 6.07) is -1.03. The van der Waals surface area contributed by atoms with Gasteiger partial charge in [0.1, 0.15) is 6.04 Å². The summed E-state index contributed by atoms with van der Waals surface area (Å²) in [4.78, 5) is 14.9. The zero-order chi connectivity index (χ0) is 13.0. The van der Waals surface area contributed by atoms with Crippen LogP contribution in [0, 0.1) is 0 Å². The minimum absolute atomic E-state index is 0.417. The van der Waals surface area contributed by atoms with Crippen molar-refractivity contribution in [3.05, 3.63) is 11.1 Å². The highest BCUT2D eigenvalue weighted by molar-refractivity contribution is 8.06. The molecular weight excluding hydrogens is 290 g/mol. The van der Waals surface area contributed by atoms with Gasteiger partial charge in [-0.2, -0.15) is 23.5 Å². The molecule has 1 aromatic rings. The number of carboxylic acids is 1. The molecule has 2 atom stereocenters. The number of hydrogen-bond donors (Lipinski definition) is 3. The molecule has 100 valence electrons. The van der Waals surface area contributed by atoms with Gasteiger partial charge in [-0.05, 0) is 0 Å². The first-order valence-electron chi connectivity index (χ1n) is 5.54. The standard InChI is InChI=1S/C10H15N3O2S3/c11-8(9(14)15)7-5-18-10(13-7)12-3-6-4-16-1-2-17-6/h5-6,8H,1-4,11H2,(H,12,13)(H,14,15). The summed E-state index contributed by atoms with van der Waals surface area (Å²) >= 11 is 5.35. The second-order valence-corrected chi connectivity index (χ2v) is 7.26. The van der Waals surface area contributed by atoms with E-state index in [1.54, 1.807) is 5.38 Å². The van der Waals surface area contributed by atoms with Crippen LogP contribution in [0.15, 0.2) is 5.38 Å². The van der Waals surface area contributed by atoms with Crippen molar-refractivity contribution in [2.75, 3.05) is 29.1 Å². The number of aliphatic carboxylic acids is 1. The second-order valence-electron chi connectivity index (χ2n) is 3.84. The van der Waals surface area contributed by atoms with E-state index in [4.69, 9.17) is 10.8 Å². The summed E-state index contributed by atoms with van der Waals surface area (Å²) in [5.74, 6) is 2.54. The highest BCUT2D eigenvalue weighted by Gasteiger charge is 2.18. The number of aromatic nitrogens is 1. The molecule has 0 aliphatic carbocycles. The minimum atomic E-state index is -1.05. The molecule has 4 N–H and O–H groups in total. The van der Waals surface area contributed by atoms with Crippen LogP contribution < -0.4 is 11.1 Å². The fraction of sp³-hybridized carbons (Fsp3) is 0.600. The van der Waals surface area contributed by atoms with Crippen molar-refractivity contribution in [3.8, 4) is 0 Å². The lowest BCUT2D eigenvalue weighted by molar-refractivity contribution is -0.138. The Balaban J connectivity index is 1.84. The Hall–Kier alpha value is -0.440. The summed E-state index contributed by atoms with van der Waals surface area (Å²) in [5.41, 5.74) is 5.92. The molecule has 1 aliphatic rings. The first-order chi connectivity index (χ1) is 8.66. The van der Waals surface area contributed by atoms with Crippen LogP contribution in [0.1, 0.15) is 11.7 Å². The number of anilines is 1. The summed E-state index contributed by atoms with van der Waals surface area (Å²) in [7, 11) is 0. The van der Waals surface area contributed by atoms with Crippen molar-refractivity contribution in [2.45, 2.75) is 11.3 Å². The normalized spacial score (nSPS) is 21.5. The number of carbonyl (C=O) groups is 1. The van der Waals surface area contributed by atoms with E-state index < -0.39 is 12.0 Å². The fourth-order valence-corrected chi connectivity index (χ4v) is 4.86. The summed E-state index contributed by atoms with van der Waals surface area (Å²) in [6.07, 6.45) is 0. The van der Waals surface area contributed by atoms with E-state index >= 15 is 0 Å². The van der Waals surface area contributed by atoms with Gasteiger partial charge < -0.3 is 16.2 Å². The molecule has 0 aromatic carbocycles. The van der Waals surface area contributed by atoms with Gasteiger partial charge in [0.05, 0.1) is 5.69 Å². The maximum Gasteiger partial charge on any atom is 0.326 e. The van der Waals surface area contributed by atoms with Gasteiger partial charge in [-0.1, -0.05) is 0 Å². The molecule has 18 heavy (non-hydrogen) atoms. The SMILES string of the molecule is NC(C(=O)O)c1csc(NCC2CSCCS2)n1. The van der Waals surface area contributed by atoms with Crippen LogP contribution in [-0.4, -0.2) is 45.1 Å². The summed E-state index contributed by atoms with van der Waals surface area (Å²) < 4.78 is 0. The van der Waals surface area contributed by atoms with Crippen LogP contribution in [0.4, 0.5) is 5.13 Å². The summed E-state index contributed by atoms with van der Waals surface area (Å²) in [5, 5.41) is 15.1. The first-order valence-corrected chi connectivity index (χ1v) is 8.62. The van der Waals surface area contributed by atoms with E-state index in [9.17, 15) is 4.79 Å². The molecule has 0 radical (unpaired) electrons. The average molecular weight is 305 g/mol. The molecule has 2 unspecified atom stereocenters. The third-order valence-corrected chi connectivity index (χ3v) is 6.14. The Labute approximate surface area is 118 Å². The third kappa shape index (κ3) is 3.78. The zero-order valence-electron chi connectivity index (χ0n) is 9.67. The Morgan fingerprint density at radius 2 is 2.50 bits per heavy atom. The molecule has 8 heteroatoms. The van der Waals surface area contributed by atoms with Gasteiger partial charge in [-0.25, -0.2) is 4.98 Å². The first kappa shape index (κ1) is 14.0. The zero-order valence-corrected chi connectivity index (χ0v) is 12.1. The smallest absolute Gasteiger partial charge is 0.326 e. The van der Waals surface area contributed by atoms with Crippen molar-refractivity contribution in [3.63, 3.8) is 0 Å². The van der Waals surface area contributed by atoms with E-state index in [-0.39, 0.29) is 0 Å². The van der Waals surface area contributed by atoms with Gasteiger partial charge in [0.15, 0.2) is 5.13 Å². The van der Waals surface area contributed by atoms with E-state index in [1.165, 1.54) is 22.8 Å². The Kier molecular flexibility index (Phi) is 5.16. The highest BCUT2D eigenvalue weighted by Crippen LogP contribution is 2.25. The van der Waals surface area contributed by atoms with Crippen molar-refractivity contribution < 1.29 is 9.90 Å². The molecule has 0 bridgehead atoms. The van der Waals surface area contributed by atoms with Gasteiger partial charge in [-0.3, -0.25) is 4.79 Å². The molecule has 1 saturated heterocycles. The van der Waals surface area contributed by atoms with Crippen molar-refractivity contribution in [1.82, 2.24) is 4.98 Å². The number of carboxylic acid groups (broad SMARTS) is 1. The maximum atomic E-state index is 10.7. The quantitative estimate of drug-likeness (QED) is 0.759.